The summed E-state index contributed by atoms with van der Waals surface area (Å²) in [6.45, 7) is 4.59. The van der Waals surface area contributed by atoms with Crippen LogP contribution in [0.5, 0.6) is 11.5 Å². The number of hydrogen-bond donors (Lipinski definition) is 0. The number of aromatic nitrogens is 5. The lowest BCUT2D eigenvalue weighted by molar-refractivity contribution is 0.0163. The molecule has 0 saturated heterocycles. The summed E-state index contributed by atoms with van der Waals surface area (Å²) in [4.78, 5) is 28.6. The maximum atomic E-state index is 13.7. The van der Waals surface area contributed by atoms with Crippen molar-refractivity contribution >= 4 is 55.1 Å². The van der Waals surface area contributed by atoms with Crippen molar-refractivity contribution in [2.24, 2.45) is 0 Å². The van der Waals surface area contributed by atoms with E-state index in [1.165, 1.54) is 27.2 Å². The number of hydrogen-bond acceptors (Lipinski definition) is 11. The van der Waals surface area contributed by atoms with Crippen LogP contribution in [0.1, 0.15) is 34.9 Å². The van der Waals surface area contributed by atoms with E-state index in [1.807, 2.05) is 24.4 Å². The quantitative estimate of drug-likeness (QED) is 0.128. The standard InChI is InChI=1S/C30H28F2N6O4S3/c1-5-41-11-10-37(3)27(39)18-8-6-17(7-9-18)25-33-19(16-43-25)15-42-23-13-20(40-4)12-21-24(23)44-26(34-21)22-14-38-29(35-22)45-28(36-38)30(2,31)32/h6-9,12-14,16H,5,10-11,15H2,1-4H3. The Balaban J connectivity index is 1.17. The van der Waals surface area contributed by atoms with Gasteiger partial charge in [0.1, 0.15) is 33.8 Å². The van der Waals surface area contributed by atoms with Crippen LogP contribution < -0.4 is 9.47 Å². The van der Waals surface area contributed by atoms with E-state index in [2.05, 4.69) is 10.1 Å². The molecule has 0 fully saturated rings. The summed E-state index contributed by atoms with van der Waals surface area (Å²) in [5, 5.41) is 7.03. The molecular formula is C30H28F2N6O4S3. The van der Waals surface area contributed by atoms with Gasteiger partial charge in [0.05, 0.1) is 35.8 Å². The van der Waals surface area contributed by atoms with Crippen molar-refractivity contribution in [3.63, 3.8) is 0 Å². The van der Waals surface area contributed by atoms with Gasteiger partial charge in [-0.25, -0.2) is 19.5 Å². The number of amides is 1. The minimum Gasteiger partial charge on any atom is -0.497 e. The SMILES string of the molecule is CCOCCN(C)C(=O)c1ccc(-c2nc(COc3cc(OC)cc4nc(-c5cn6nc(C(C)(F)F)sc6n5)sc34)cs2)cc1. The maximum absolute atomic E-state index is 13.7. The van der Waals surface area contributed by atoms with E-state index in [0.29, 0.717) is 58.0 Å². The second-order valence-electron chi connectivity index (χ2n) is 10.1. The Hall–Kier alpha value is -4.05. The number of methoxy groups -OCH3 is 1. The highest BCUT2D eigenvalue weighted by molar-refractivity contribution is 7.22. The zero-order valence-corrected chi connectivity index (χ0v) is 27.2. The van der Waals surface area contributed by atoms with Gasteiger partial charge in [-0.3, -0.25) is 4.79 Å². The number of likely N-dealkylation sites (N-methyl/N-ethyl adjacent to an activating group) is 1. The van der Waals surface area contributed by atoms with E-state index < -0.39 is 5.92 Å². The Kier molecular flexibility index (Phi) is 8.77. The molecule has 0 bridgehead atoms. The normalized spacial score (nSPS) is 11.9. The predicted molar refractivity (Wildman–Crippen MR) is 171 cm³/mol. The molecule has 2 aromatic carbocycles. The van der Waals surface area contributed by atoms with E-state index in [0.717, 1.165) is 39.2 Å². The van der Waals surface area contributed by atoms with Crippen LogP contribution in [0.25, 0.3) is 36.5 Å². The molecule has 0 saturated carbocycles. The Morgan fingerprint density at radius 3 is 2.60 bits per heavy atom. The van der Waals surface area contributed by atoms with Crippen LogP contribution in [0.15, 0.2) is 48.0 Å². The van der Waals surface area contributed by atoms with Crippen LogP contribution in [-0.4, -0.2) is 69.3 Å². The largest absolute Gasteiger partial charge is 0.497 e. The van der Waals surface area contributed by atoms with Crippen LogP contribution in [-0.2, 0) is 17.3 Å². The average molecular weight is 671 g/mol. The molecule has 4 aromatic heterocycles. The fraction of sp³-hybridized carbons (Fsp3) is 0.300. The second kappa shape index (κ2) is 12.7. The number of alkyl halides is 2. The molecule has 6 aromatic rings. The number of halogens is 2. The van der Waals surface area contributed by atoms with Gasteiger partial charge in [0.15, 0.2) is 5.01 Å². The first-order valence-electron chi connectivity index (χ1n) is 13.9. The highest BCUT2D eigenvalue weighted by atomic mass is 32.1. The Bertz CT molecular complexity index is 1930. The van der Waals surface area contributed by atoms with Crippen molar-refractivity contribution in [1.82, 2.24) is 29.5 Å². The van der Waals surface area contributed by atoms with E-state index in [9.17, 15) is 13.6 Å². The smallest absolute Gasteiger partial charge is 0.298 e. The Morgan fingerprint density at radius 1 is 1.09 bits per heavy atom. The molecule has 0 aliphatic carbocycles. The minimum absolute atomic E-state index is 0.0648. The van der Waals surface area contributed by atoms with E-state index in [1.54, 1.807) is 49.5 Å². The third-order valence-corrected chi connectivity index (χ3v) is 9.87. The number of fused-ring (bicyclic) bond motifs is 2. The number of ether oxygens (including phenoxy) is 3. The van der Waals surface area contributed by atoms with Crippen molar-refractivity contribution in [2.45, 2.75) is 26.4 Å². The third-order valence-electron chi connectivity index (χ3n) is 6.73. The summed E-state index contributed by atoms with van der Waals surface area (Å²) >= 11 is 3.71. The fourth-order valence-corrected chi connectivity index (χ4v) is 6.96. The first kappa shape index (κ1) is 31.0. The molecule has 15 heteroatoms. The van der Waals surface area contributed by atoms with E-state index in [4.69, 9.17) is 24.2 Å². The van der Waals surface area contributed by atoms with Gasteiger partial charge in [0.25, 0.3) is 11.8 Å². The average Bonchev–Trinajstić information content (AvgIpc) is 3.82. The highest BCUT2D eigenvalue weighted by Gasteiger charge is 2.30. The van der Waals surface area contributed by atoms with Gasteiger partial charge in [0.2, 0.25) is 4.96 Å². The zero-order valence-electron chi connectivity index (χ0n) is 24.7. The topological polar surface area (TPSA) is 104 Å². The molecule has 1 amide bonds. The molecule has 0 radical (unpaired) electrons. The summed E-state index contributed by atoms with van der Waals surface area (Å²) in [6, 6.07) is 11.0. The molecule has 45 heavy (non-hydrogen) atoms. The van der Waals surface area contributed by atoms with Gasteiger partial charge in [-0.15, -0.1) is 22.7 Å². The number of rotatable bonds is 12. The lowest BCUT2D eigenvalue weighted by Crippen LogP contribution is -2.30. The monoisotopic (exact) mass is 670 g/mol. The number of imidazole rings is 1. The molecule has 234 valence electrons. The van der Waals surface area contributed by atoms with Crippen LogP contribution in [0.4, 0.5) is 8.78 Å². The van der Waals surface area contributed by atoms with Gasteiger partial charge in [0, 0.05) is 55.8 Å². The molecule has 0 aliphatic rings. The number of carbonyl (C=O) groups is 1. The van der Waals surface area contributed by atoms with Crippen molar-refractivity contribution in [3.05, 3.63) is 64.2 Å². The van der Waals surface area contributed by atoms with E-state index >= 15 is 0 Å². The van der Waals surface area contributed by atoms with Crippen molar-refractivity contribution < 1.29 is 27.8 Å². The molecule has 0 atom stereocenters. The molecule has 10 nitrogen and oxygen atoms in total. The second-order valence-corrected chi connectivity index (χ2v) is 12.9. The summed E-state index contributed by atoms with van der Waals surface area (Å²) in [5.41, 5.74) is 3.43. The molecule has 0 aliphatic heterocycles. The molecular weight excluding hydrogens is 643 g/mol. The van der Waals surface area contributed by atoms with Crippen molar-refractivity contribution in [2.75, 3.05) is 33.9 Å². The Labute approximate surface area is 268 Å². The van der Waals surface area contributed by atoms with Crippen LogP contribution in [0.3, 0.4) is 0 Å². The lowest BCUT2D eigenvalue weighted by atomic mass is 10.1. The number of benzene rings is 2. The molecule has 0 N–H and O–H groups in total. The van der Waals surface area contributed by atoms with Crippen molar-refractivity contribution in [1.29, 1.82) is 0 Å². The molecule has 0 spiro atoms. The Morgan fingerprint density at radius 2 is 1.89 bits per heavy atom. The van der Waals surface area contributed by atoms with E-state index in [-0.39, 0.29) is 17.5 Å². The van der Waals surface area contributed by atoms with Crippen LogP contribution in [0.2, 0.25) is 0 Å². The maximum Gasteiger partial charge on any atom is 0.298 e. The summed E-state index contributed by atoms with van der Waals surface area (Å²) < 4.78 is 46.6. The lowest BCUT2D eigenvalue weighted by Gasteiger charge is -2.17. The first-order valence-corrected chi connectivity index (χ1v) is 16.4. The number of nitrogens with zero attached hydrogens (tertiary/aromatic N) is 6. The van der Waals surface area contributed by atoms with Crippen LogP contribution >= 0.6 is 34.0 Å². The number of carbonyl (C=O) groups excluding carboxylic acids is 1. The van der Waals surface area contributed by atoms with Gasteiger partial charge in [-0.1, -0.05) is 23.5 Å². The molecule has 4 heterocycles. The summed E-state index contributed by atoms with van der Waals surface area (Å²) in [5.74, 6) is -1.95. The molecule has 0 unspecified atom stereocenters. The van der Waals surface area contributed by atoms with Gasteiger partial charge in [-0.05, 0) is 19.1 Å². The first-order chi connectivity index (χ1) is 21.6. The fourth-order valence-electron chi connectivity index (χ4n) is 4.37. The van der Waals surface area contributed by atoms with Gasteiger partial charge >= 0.3 is 0 Å². The van der Waals surface area contributed by atoms with Gasteiger partial charge < -0.3 is 19.1 Å². The van der Waals surface area contributed by atoms with Crippen LogP contribution in [0, 0.1) is 0 Å². The minimum atomic E-state index is -3.03. The summed E-state index contributed by atoms with van der Waals surface area (Å²) in [7, 11) is 3.33. The van der Waals surface area contributed by atoms with Crippen molar-refractivity contribution in [3.8, 4) is 32.8 Å². The highest BCUT2D eigenvalue weighted by Crippen LogP contribution is 2.40. The number of thiazole rings is 2. The third kappa shape index (κ3) is 6.66. The molecule has 6 rings (SSSR count). The zero-order chi connectivity index (χ0) is 31.7. The predicted octanol–water partition coefficient (Wildman–Crippen LogP) is 7.00. The van der Waals surface area contributed by atoms with Gasteiger partial charge in [-0.2, -0.15) is 13.9 Å². The summed E-state index contributed by atoms with van der Waals surface area (Å²) in [6.07, 6.45) is 1.59.